The van der Waals surface area contributed by atoms with E-state index in [0.29, 0.717) is 17.7 Å². The Morgan fingerprint density at radius 1 is 1.07 bits per heavy atom. The maximum Gasteiger partial charge on any atom is 0.329 e. The molecule has 1 aliphatic carbocycles. The number of nitrogens with two attached hydrogens (primary N) is 1. The Morgan fingerprint density at radius 2 is 1.69 bits per heavy atom. The fraction of sp³-hybridized carbons (Fsp3) is 0.409. The second-order valence-electron chi connectivity index (χ2n) is 8.01. The van der Waals surface area contributed by atoms with Crippen molar-refractivity contribution in [2.24, 2.45) is 5.73 Å². The molecule has 3 rings (SSSR count). The standard InChI is InChI=1S/C22H29N2O4P/c1-16-3-2-4-19(13-16)22(25)24(21-11-9-20(23)10-12-21)14-17-5-7-18(8-6-17)15-29(26,27)28/h2-8,13,20-21H,9-12,14-15,23H2,1H3,(H2,26,27,28). The minimum atomic E-state index is -4.09. The Morgan fingerprint density at radius 3 is 2.28 bits per heavy atom. The molecule has 1 aliphatic rings. The van der Waals surface area contributed by atoms with E-state index in [0.717, 1.165) is 36.8 Å². The van der Waals surface area contributed by atoms with Gasteiger partial charge in [-0.2, -0.15) is 0 Å². The molecule has 0 heterocycles. The third-order valence-electron chi connectivity index (χ3n) is 5.47. The quantitative estimate of drug-likeness (QED) is 0.625. The van der Waals surface area contributed by atoms with E-state index < -0.39 is 7.60 Å². The molecular formula is C22H29N2O4P. The zero-order valence-electron chi connectivity index (χ0n) is 16.7. The lowest BCUT2D eigenvalue weighted by Gasteiger charge is -2.36. The van der Waals surface area contributed by atoms with Gasteiger partial charge in [-0.05, 0) is 55.9 Å². The molecule has 4 N–H and O–H groups in total. The van der Waals surface area contributed by atoms with Crippen molar-refractivity contribution in [1.29, 1.82) is 0 Å². The summed E-state index contributed by atoms with van der Waals surface area (Å²) in [5, 5.41) is 0. The van der Waals surface area contributed by atoms with Gasteiger partial charge in [0, 0.05) is 24.2 Å². The average Bonchev–Trinajstić information content (AvgIpc) is 2.66. The Balaban J connectivity index is 1.81. The highest BCUT2D eigenvalue weighted by Gasteiger charge is 2.28. The molecule has 1 fully saturated rings. The van der Waals surface area contributed by atoms with Crippen LogP contribution in [0.1, 0.15) is 52.7 Å². The van der Waals surface area contributed by atoms with Crippen LogP contribution in [0.25, 0.3) is 0 Å². The number of rotatable bonds is 6. The highest BCUT2D eigenvalue weighted by atomic mass is 31.2. The molecule has 0 saturated heterocycles. The van der Waals surface area contributed by atoms with E-state index in [1.807, 2.05) is 48.2 Å². The lowest BCUT2D eigenvalue weighted by Crippen LogP contribution is -2.43. The summed E-state index contributed by atoms with van der Waals surface area (Å²) in [5.74, 6) is 0.00784. The van der Waals surface area contributed by atoms with E-state index in [1.54, 1.807) is 12.1 Å². The molecule has 1 saturated carbocycles. The largest absolute Gasteiger partial charge is 0.331 e. The van der Waals surface area contributed by atoms with Crippen molar-refractivity contribution in [2.75, 3.05) is 0 Å². The number of nitrogens with zero attached hydrogens (tertiary/aromatic N) is 1. The van der Waals surface area contributed by atoms with Crippen LogP contribution in [0.15, 0.2) is 48.5 Å². The number of hydrogen-bond donors (Lipinski definition) is 3. The lowest BCUT2D eigenvalue weighted by molar-refractivity contribution is 0.0606. The van der Waals surface area contributed by atoms with Crippen molar-refractivity contribution in [3.63, 3.8) is 0 Å². The second kappa shape index (κ2) is 9.23. The first kappa shape index (κ1) is 21.7. The van der Waals surface area contributed by atoms with E-state index in [4.69, 9.17) is 15.5 Å². The SMILES string of the molecule is Cc1cccc(C(=O)N(Cc2ccc(CP(=O)(O)O)cc2)C2CCC(N)CC2)c1. The lowest BCUT2D eigenvalue weighted by atomic mass is 9.90. The molecule has 1 amide bonds. The molecule has 0 unspecified atom stereocenters. The Hall–Kier alpha value is -1.98. The molecule has 0 aliphatic heterocycles. The molecule has 29 heavy (non-hydrogen) atoms. The number of carbonyl (C=O) groups is 1. The van der Waals surface area contributed by atoms with Crippen LogP contribution in [0.2, 0.25) is 0 Å². The Bertz CT molecular complexity index is 886. The van der Waals surface area contributed by atoms with E-state index in [1.165, 1.54) is 0 Å². The van der Waals surface area contributed by atoms with Crippen LogP contribution < -0.4 is 5.73 Å². The van der Waals surface area contributed by atoms with Gasteiger partial charge in [0.15, 0.2) is 0 Å². The average molecular weight is 416 g/mol. The topological polar surface area (TPSA) is 104 Å². The van der Waals surface area contributed by atoms with Crippen molar-refractivity contribution < 1.29 is 19.1 Å². The van der Waals surface area contributed by atoms with Crippen LogP contribution >= 0.6 is 7.60 Å². The van der Waals surface area contributed by atoms with Crippen molar-refractivity contribution in [3.05, 3.63) is 70.8 Å². The molecule has 0 bridgehead atoms. The van der Waals surface area contributed by atoms with Gasteiger partial charge in [-0.25, -0.2) is 0 Å². The summed E-state index contributed by atoms with van der Waals surface area (Å²) in [5.41, 5.74) is 9.31. The van der Waals surface area contributed by atoms with Crippen LogP contribution in [0, 0.1) is 6.92 Å². The van der Waals surface area contributed by atoms with E-state index in [2.05, 4.69) is 0 Å². The molecule has 6 nitrogen and oxygen atoms in total. The molecule has 2 aromatic rings. The first-order chi connectivity index (χ1) is 13.7. The van der Waals surface area contributed by atoms with Crippen LogP contribution in [0.5, 0.6) is 0 Å². The van der Waals surface area contributed by atoms with Crippen LogP contribution in [-0.4, -0.2) is 32.7 Å². The molecule has 156 valence electrons. The maximum absolute atomic E-state index is 13.3. The van der Waals surface area contributed by atoms with Gasteiger partial charge in [-0.15, -0.1) is 0 Å². The summed E-state index contributed by atoms with van der Waals surface area (Å²) in [6.07, 6.45) is 3.30. The maximum atomic E-state index is 13.3. The van der Waals surface area contributed by atoms with Gasteiger partial charge in [-0.1, -0.05) is 42.0 Å². The number of benzene rings is 2. The van der Waals surface area contributed by atoms with Gasteiger partial charge >= 0.3 is 7.60 Å². The number of amides is 1. The van der Waals surface area contributed by atoms with Crippen molar-refractivity contribution in [3.8, 4) is 0 Å². The number of carbonyl (C=O) groups excluding carboxylic acids is 1. The first-order valence-corrected chi connectivity index (χ1v) is 11.8. The van der Waals surface area contributed by atoms with E-state index in [9.17, 15) is 9.36 Å². The smallest absolute Gasteiger partial charge is 0.329 e. The van der Waals surface area contributed by atoms with Gasteiger partial charge < -0.3 is 20.4 Å². The molecule has 0 spiro atoms. The van der Waals surface area contributed by atoms with Gasteiger partial charge in [0.1, 0.15) is 0 Å². The van der Waals surface area contributed by atoms with Gasteiger partial charge in [0.25, 0.3) is 5.91 Å². The summed E-state index contributed by atoms with van der Waals surface area (Å²) in [7, 11) is -4.09. The third-order valence-corrected chi connectivity index (χ3v) is 6.25. The molecule has 2 aromatic carbocycles. The fourth-order valence-corrected chi connectivity index (χ4v) is 4.60. The Kier molecular flexibility index (Phi) is 6.91. The monoisotopic (exact) mass is 416 g/mol. The van der Waals surface area contributed by atoms with Crippen LogP contribution in [0.4, 0.5) is 0 Å². The van der Waals surface area contributed by atoms with Gasteiger partial charge in [0.2, 0.25) is 0 Å². The number of hydrogen-bond acceptors (Lipinski definition) is 3. The second-order valence-corrected chi connectivity index (χ2v) is 9.66. The van der Waals surface area contributed by atoms with E-state index in [-0.39, 0.29) is 24.2 Å². The summed E-state index contributed by atoms with van der Waals surface area (Å²) >= 11 is 0. The van der Waals surface area contributed by atoms with Crippen molar-refractivity contribution in [1.82, 2.24) is 4.90 Å². The molecule has 7 heteroatoms. The summed E-state index contributed by atoms with van der Waals surface area (Å²) in [6.45, 7) is 2.43. The highest BCUT2D eigenvalue weighted by molar-refractivity contribution is 7.50. The first-order valence-electron chi connectivity index (χ1n) is 9.97. The molecule has 0 radical (unpaired) electrons. The Labute approximate surface area is 171 Å². The van der Waals surface area contributed by atoms with E-state index >= 15 is 0 Å². The molecule has 0 atom stereocenters. The summed E-state index contributed by atoms with van der Waals surface area (Å²) in [6, 6.07) is 15.1. The highest BCUT2D eigenvalue weighted by Crippen LogP contribution is 2.39. The zero-order valence-corrected chi connectivity index (χ0v) is 17.6. The third kappa shape index (κ3) is 6.25. The van der Waals surface area contributed by atoms with Gasteiger partial charge in [0.05, 0.1) is 6.16 Å². The van der Waals surface area contributed by atoms with Crippen molar-refractivity contribution in [2.45, 2.75) is 57.4 Å². The molecule has 0 aromatic heterocycles. The molecular weight excluding hydrogens is 387 g/mol. The van der Waals surface area contributed by atoms with Crippen LogP contribution in [-0.2, 0) is 17.3 Å². The van der Waals surface area contributed by atoms with Crippen molar-refractivity contribution >= 4 is 13.5 Å². The number of aryl methyl sites for hydroxylation is 1. The summed E-state index contributed by atoms with van der Waals surface area (Å²) < 4.78 is 11.2. The zero-order chi connectivity index (χ0) is 21.0. The minimum Gasteiger partial charge on any atom is -0.331 e. The predicted octanol–water partition coefficient (Wildman–Crippen LogP) is 3.59. The fourth-order valence-electron chi connectivity index (χ4n) is 3.91. The predicted molar refractivity (Wildman–Crippen MR) is 113 cm³/mol. The van der Waals surface area contributed by atoms with Gasteiger partial charge in [-0.3, -0.25) is 9.36 Å². The normalized spacial score (nSPS) is 19.7. The minimum absolute atomic E-state index is 0.00784. The van der Waals surface area contributed by atoms with Crippen LogP contribution in [0.3, 0.4) is 0 Å². The summed E-state index contributed by atoms with van der Waals surface area (Å²) in [4.78, 5) is 33.6.